The second-order valence-corrected chi connectivity index (χ2v) is 7.63. The lowest BCUT2D eigenvalue weighted by atomic mass is 10.0. The van der Waals surface area contributed by atoms with Crippen molar-refractivity contribution in [1.82, 2.24) is 19.0 Å². The lowest BCUT2D eigenvalue weighted by Gasteiger charge is -2.28. The molecular weight excluding hydrogens is 380 g/mol. The zero-order valence-corrected chi connectivity index (χ0v) is 16.7. The van der Waals surface area contributed by atoms with Gasteiger partial charge in [0.05, 0.1) is 10.9 Å². The predicted octanol–water partition coefficient (Wildman–Crippen LogP) is 2.25. The second-order valence-electron chi connectivity index (χ2n) is 7.63. The number of hydrogen-bond donors (Lipinski definition) is 1. The molecule has 0 atom stereocenters. The zero-order chi connectivity index (χ0) is 20.8. The van der Waals surface area contributed by atoms with Crippen LogP contribution in [0, 0.1) is 0 Å². The molecule has 0 aliphatic carbocycles. The normalized spacial score (nSPS) is 13.7. The summed E-state index contributed by atoms with van der Waals surface area (Å²) in [7, 11) is 0. The fourth-order valence-electron chi connectivity index (χ4n) is 4.42. The first-order valence-corrected chi connectivity index (χ1v) is 10.2. The molecule has 1 aliphatic heterocycles. The highest BCUT2D eigenvalue weighted by atomic mass is 16.2. The average molecular weight is 402 g/mol. The van der Waals surface area contributed by atoms with Gasteiger partial charge < -0.3 is 9.88 Å². The Bertz CT molecular complexity index is 1410. The fourth-order valence-corrected chi connectivity index (χ4v) is 4.42. The highest BCUT2D eigenvalue weighted by Crippen LogP contribution is 2.27. The van der Waals surface area contributed by atoms with Crippen molar-refractivity contribution >= 4 is 27.7 Å². The number of carbonyl (C=O) groups is 1. The van der Waals surface area contributed by atoms with Crippen LogP contribution in [0.2, 0.25) is 0 Å². The van der Waals surface area contributed by atoms with Gasteiger partial charge in [-0.15, -0.1) is 0 Å². The quantitative estimate of drug-likeness (QED) is 0.571. The molecule has 30 heavy (non-hydrogen) atoms. The molecule has 7 heteroatoms. The van der Waals surface area contributed by atoms with E-state index in [9.17, 15) is 14.4 Å². The van der Waals surface area contributed by atoms with Crippen LogP contribution in [0.15, 0.2) is 58.1 Å². The van der Waals surface area contributed by atoms with Crippen LogP contribution < -0.4 is 11.2 Å². The third-order valence-electron chi connectivity index (χ3n) is 5.98. The number of para-hydroxylation sites is 2. The third kappa shape index (κ3) is 2.77. The monoisotopic (exact) mass is 402 g/mol. The van der Waals surface area contributed by atoms with Gasteiger partial charge in [-0.2, -0.15) is 0 Å². The highest BCUT2D eigenvalue weighted by Gasteiger charge is 2.25. The maximum absolute atomic E-state index is 13.2. The summed E-state index contributed by atoms with van der Waals surface area (Å²) >= 11 is 0. The van der Waals surface area contributed by atoms with Crippen LogP contribution in [0.4, 0.5) is 0 Å². The van der Waals surface area contributed by atoms with E-state index in [1.165, 1.54) is 14.8 Å². The summed E-state index contributed by atoms with van der Waals surface area (Å²) in [5.41, 5.74) is 3.12. The van der Waals surface area contributed by atoms with Crippen molar-refractivity contribution in [2.75, 3.05) is 6.54 Å². The molecule has 4 aromatic rings. The number of nitrogens with zero attached hydrogens (tertiary/aromatic N) is 3. The molecule has 2 aromatic carbocycles. The molecule has 2 aromatic heterocycles. The topological polar surface area (TPSA) is 80.1 Å². The Hall–Kier alpha value is -3.61. The summed E-state index contributed by atoms with van der Waals surface area (Å²) in [5, 5.41) is 1.58. The number of benzene rings is 2. The van der Waals surface area contributed by atoms with Crippen molar-refractivity contribution in [3.8, 4) is 0 Å². The molecule has 1 amide bonds. The summed E-state index contributed by atoms with van der Waals surface area (Å²) < 4.78 is 2.61. The standard InChI is InChI=1S/C23H22N4O3/c1-2-26-22(29)16-8-4-6-10-20(16)27(23(26)30)14-21(28)25-12-11-19-17(13-25)15-7-3-5-9-18(15)24-19/h3-10,24H,2,11-14H2,1H3. The molecule has 0 bridgehead atoms. The lowest BCUT2D eigenvalue weighted by Crippen LogP contribution is -2.44. The van der Waals surface area contributed by atoms with Crippen molar-refractivity contribution in [3.63, 3.8) is 0 Å². The van der Waals surface area contributed by atoms with Crippen molar-refractivity contribution in [2.24, 2.45) is 0 Å². The van der Waals surface area contributed by atoms with Crippen molar-refractivity contribution < 1.29 is 4.79 Å². The molecule has 0 saturated carbocycles. The summed E-state index contributed by atoms with van der Waals surface area (Å²) in [4.78, 5) is 44.0. The van der Waals surface area contributed by atoms with Gasteiger partial charge >= 0.3 is 5.69 Å². The smallest absolute Gasteiger partial charge is 0.331 e. The summed E-state index contributed by atoms with van der Waals surface area (Å²) in [6.07, 6.45) is 0.750. The van der Waals surface area contributed by atoms with Gasteiger partial charge in [0.2, 0.25) is 5.91 Å². The zero-order valence-electron chi connectivity index (χ0n) is 16.7. The van der Waals surface area contributed by atoms with Crippen LogP contribution in [-0.4, -0.2) is 31.5 Å². The molecule has 3 heterocycles. The molecule has 0 saturated heterocycles. The van der Waals surface area contributed by atoms with E-state index in [0.29, 0.717) is 24.0 Å². The van der Waals surface area contributed by atoms with Gasteiger partial charge in [-0.25, -0.2) is 4.79 Å². The number of amides is 1. The summed E-state index contributed by atoms with van der Waals surface area (Å²) in [5.74, 6) is -0.125. The Kier molecular flexibility index (Phi) is 4.31. The largest absolute Gasteiger partial charge is 0.358 e. The molecule has 0 fully saturated rings. The molecule has 5 rings (SSSR count). The first-order chi connectivity index (χ1) is 14.6. The maximum Gasteiger partial charge on any atom is 0.331 e. The number of rotatable bonds is 3. The van der Waals surface area contributed by atoms with Gasteiger partial charge in [-0.05, 0) is 25.1 Å². The van der Waals surface area contributed by atoms with Gasteiger partial charge in [-0.3, -0.25) is 18.7 Å². The first-order valence-electron chi connectivity index (χ1n) is 10.2. The average Bonchev–Trinajstić information content (AvgIpc) is 3.15. The SMILES string of the molecule is CCn1c(=O)c2ccccc2n(CC(=O)N2CCc3[nH]c4ccccc4c3C2)c1=O. The molecule has 1 N–H and O–H groups in total. The van der Waals surface area contributed by atoms with E-state index in [0.717, 1.165) is 22.9 Å². The minimum absolute atomic E-state index is 0.0860. The van der Waals surface area contributed by atoms with Crippen LogP contribution in [0.1, 0.15) is 18.2 Å². The molecule has 1 aliphatic rings. The molecule has 0 spiro atoms. The summed E-state index contributed by atoms with van der Waals surface area (Å²) in [6.45, 7) is 3.04. The minimum atomic E-state index is -0.445. The number of carbonyl (C=O) groups excluding carboxylic acids is 1. The molecular formula is C23H22N4O3. The number of aromatic nitrogens is 3. The Morgan fingerprint density at radius 1 is 1.00 bits per heavy atom. The van der Waals surface area contributed by atoms with Crippen LogP contribution in [0.25, 0.3) is 21.8 Å². The van der Waals surface area contributed by atoms with Gasteiger partial charge in [-0.1, -0.05) is 30.3 Å². The van der Waals surface area contributed by atoms with Crippen LogP contribution in [0.3, 0.4) is 0 Å². The van der Waals surface area contributed by atoms with E-state index in [-0.39, 0.29) is 24.6 Å². The maximum atomic E-state index is 13.2. The van der Waals surface area contributed by atoms with Crippen LogP contribution >= 0.6 is 0 Å². The molecule has 0 radical (unpaired) electrons. The van der Waals surface area contributed by atoms with Gasteiger partial charge in [0.1, 0.15) is 6.54 Å². The predicted molar refractivity (Wildman–Crippen MR) is 116 cm³/mol. The Labute approximate surface area is 172 Å². The number of H-pyrrole nitrogens is 1. The highest BCUT2D eigenvalue weighted by molar-refractivity contribution is 5.86. The molecule has 7 nitrogen and oxygen atoms in total. The van der Waals surface area contributed by atoms with Crippen molar-refractivity contribution in [1.29, 1.82) is 0 Å². The number of hydrogen-bond acceptors (Lipinski definition) is 3. The van der Waals surface area contributed by atoms with E-state index in [1.54, 1.807) is 36.1 Å². The fraction of sp³-hybridized carbons (Fsp3) is 0.261. The van der Waals surface area contributed by atoms with E-state index in [2.05, 4.69) is 11.1 Å². The number of fused-ring (bicyclic) bond motifs is 4. The Balaban J connectivity index is 1.51. The molecule has 0 unspecified atom stereocenters. The van der Waals surface area contributed by atoms with Gasteiger partial charge in [0, 0.05) is 48.2 Å². The molecule has 152 valence electrons. The Morgan fingerprint density at radius 2 is 1.73 bits per heavy atom. The van der Waals surface area contributed by atoms with Crippen molar-refractivity contribution in [3.05, 3.63) is 80.6 Å². The number of nitrogens with one attached hydrogen (secondary N) is 1. The minimum Gasteiger partial charge on any atom is -0.358 e. The Morgan fingerprint density at radius 3 is 2.53 bits per heavy atom. The van der Waals surface area contributed by atoms with Crippen molar-refractivity contribution in [2.45, 2.75) is 33.0 Å². The van der Waals surface area contributed by atoms with E-state index >= 15 is 0 Å². The second kappa shape index (κ2) is 7.02. The number of aromatic amines is 1. The van der Waals surface area contributed by atoms with Crippen LogP contribution in [-0.2, 0) is 30.8 Å². The van der Waals surface area contributed by atoms with Gasteiger partial charge in [0.15, 0.2) is 0 Å². The van der Waals surface area contributed by atoms with Gasteiger partial charge in [0.25, 0.3) is 5.56 Å². The van der Waals surface area contributed by atoms with Crippen LogP contribution in [0.5, 0.6) is 0 Å². The lowest BCUT2D eigenvalue weighted by molar-refractivity contribution is -0.132. The van der Waals surface area contributed by atoms with E-state index in [4.69, 9.17) is 0 Å². The van der Waals surface area contributed by atoms with E-state index < -0.39 is 5.69 Å². The third-order valence-corrected chi connectivity index (χ3v) is 5.98. The summed E-state index contributed by atoms with van der Waals surface area (Å²) in [6, 6.07) is 15.1. The van der Waals surface area contributed by atoms with E-state index in [1.807, 2.05) is 18.2 Å². The first kappa shape index (κ1) is 18.4.